The molecule has 1 aromatic carbocycles. The molecule has 0 heterocycles. The zero-order valence-corrected chi connectivity index (χ0v) is 11.4. The molecule has 1 aromatic rings. The van der Waals surface area contributed by atoms with Gasteiger partial charge < -0.3 is 10.0 Å². The van der Waals surface area contributed by atoms with Crippen LogP contribution in [0.15, 0.2) is 24.3 Å². The van der Waals surface area contributed by atoms with Gasteiger partial charge in [0.25, 0.3) is 0 Å². The number of aliphatic hydroxyl groups excluding tert-OH is 1. The van der Waals surface area contributed by atoms with E-state index in [1.54, 1.807) is 31.0 Å². The molecule has 0 bridgehead atoms. The van der Waals surface area contributed by atoms with Crippen molar-refractivity contribution in [2.45, 2.75) is 37.7 Å². The first-order chi connectivity index (χ1) is 8.95. The average Bonchev–Trinajstić information content (AvgIpc) is 3.17. The molecule has 1 N–H and O–H groups in total. The van der Waals surface area contributed by atoms with Gasteiger partial charge in [0.1, 0.15) is 5.82 Å². The Morgan fingerprint density at radius 3 is 2.47 bits per heavy atom. The fourth-order valence-electron chi connectivity index (χ4n) is 2.37. The van der Waals surface area contributed by atoms with Gasteiger partial charge in [0.15, 0.2) is 0 Å². The number of likely N-dealkylation sites (N-methyl/N-ethyl adjacent to an activating group) is 1. The van der Waals surface area contributed by atoms with Crippen molar-refractivity contribution in [2.24, 2.45) is 0 Å². The summed E-state index contributed by atoms with van der Waals surface area (Å²) >= 11 is 0. The topological polar surface area (TPSA) is 40.5 Å². The van der Waals surface area contributed by atoms with Crippen LogP contribution in [0.3, 0.4) is 0 Å². The van der Waals surface area contributed by atoms with Crippen LogP contribution in [0.4, 0.5) is 4.39 Å². The van der Waals surface area contributed by atoms with Gasteiger partial charge in [-0.05, 0) is 43.9 Å². The Labute approximate surface area is 113 Å². The fourth-order valence-corrected chi connectivity index (χ4v) is 2.37. The molecule has 0 saturated heterocycles. The van der Waals surface area contributed by atoms with E-state index in [0.717, 1.165) is 18.4 Å². The molecule has 0 radical (unpaired) electrons. The summed E-state index contributed by atoms with van der Waals surface area (Å²) in [6.07, 6.45) is 1.80. The third kappa shape index (κ3) is 2.95. The second-order valence-corrected chi connectivity index (χ2v) is 5.45. The number of benzene rings is 1. The first-order valence-electron chi connectivity index (χ1n) is 6.65. The Morgan fingerprint density at radius 2 is 2.00 bits per heavy atom. The SMILES string of the molecule is CC(O)CCN(C)C(=O)C1(c2ccc(F)cc2)CC1. The minimum atomic E-state index is -0.457. The molecule has 1 saturated carbocycles. The van der Waals surface area contributed by atoms with Gasteiger partial charge in [0.05, 0.1) is 11.5 Å². The van der Waals surface area contributed by atoms with Gasteiger partial charge >= 0.3 is 0 Å². The van der Waals surface area contributed by atoms with E-state index in [2.05, 4.69) is 0 Å². The highest BCUT2D eigenvalue weighted by atomic mass is 19.1. The second kappa shape index (κ2) is 5.29. The van der Waals surface area contributed by atoms with Crippen LogP contribution < -0.4 is 0 Å². The third-order valence-corrected chi connectivity index (χ3v) is 3.79. The lowest BCUT2D eigenvalue weighted by Gasteiger charge is -2.24. The van der Waals surface area contributed by atoms with E-state index < -0.39 is 11.5 Å². The molecule has 4 heteroatoms. The summed E-state index contributed by atoms with van der Waals surface area (Å²) in [7, 11) is 1.76. The maximum Gasteiger partial charge on any atom is 0.232 e. The molecule has 1 amide bonds. The minimum Gasteiger partial charge on any atom is -0.393 e. The van der Waals surface area contributed by atoms with Crippen molar-refractivity contribution in [2.75, 3.05) is 13.6 Å². The number of carbonyl (C=O) groups excluding carboxylic acids is 1. The number of halogens is 1. The van der Waals surface area contributed by atoms with Gasteiger partial charge in [0, 0.05) is 13.6 Å². The summed E-state index contributed by atoms with van der Waals surface area (Å²) in [5, 5.41) is 9.27. The monoisotopic (exact) mass is 265 g/mol. The molecule has 0 aromatic heterocycles. The first-order valence-corrected chi connectivity index (χ1v) is 6.65. The first kappa shape index (κ1) is 14.0. The number of hydrogen-bond acceptors (Lipinski definition) is 2. The second-order valence-electron chi connectivity index (χ2n) is 5.45. The predicted octanol–water partition coefficient (Wildman–Crippen LogP) is 2.09. The third-order valence-electron chi connectivity index (χ3n) is 3.79. The molecule has 2 rings (SSSR count). The molecular formula is C15H20FNO2. The van der Waals surface area contributed by atoms with Crippen molar-refractivity contribution in [3.63, 3.8) is 0 Å². The molecule has 1 aliphatic rings. The molecular weight excluding hydrogens is 245 g/mol. The highest BCUT2D eigenvalue weighted by Gasteiger charge is 2.52. The van der Waals surface area contributed by atoms with E-state index in [-0.39, 0.29) is 11.7 Å². The van der Waals surface area contributed by atoms with Crippen LogP contribution in [0.25, 0.3) is 0 Å². The highest BCUT2D eigenvalue weighted by Crippen LogP contribution is 2.49. The van der Waals surface area contributed by atoms with E-state index in [0.29, 0.717) is 13.0 Å². The summed E-state index contributed by atoms with van der Waals surface area (Å²) in [5.41, 5.74) is 0.434. The maximum atomic E-state index is 12.9. The number of nitrogens with zero attached hydrogens (tertiary/aromatic N) is 1. The molecule has 0 spiro atoms. The molecule has 1 fully saturated rings. The summed E-state index contributed by atoms with van der Waals surface area (Å²) in [4.78, 5) is 14.1. The summed E-state index contributed by atoms with van der Waals surface area (Å²) in [5.74, 6) is -0.214. The molecule has 3 nitrogen and oxygen atoms in total. The lowest BCUT2D eigenvalue weighted by Crippen LogP contribution is -2.37. The molecule has 104 valence electrons. The lowest BCUT2D eigenvalue weighted by atomic mass is 9.94. The predicted molar refractivity (Wildman–Crippen MR) is 71.2 cm³/mol. The Kier molecular flexibility index (Phi) is 3.90. The minimum absolute atomic E-state index is 0.0692. The quantitative estimate of drug-likeness (QED) is 0.885. The summed E-state index contributed by atoms with van der Waals surface area (Å²) in [6, 6.07) is 6.20. The van der Waals surface area contributed by atoms with Gasteiger partial charge in [0.2, 0.25) is 5.91 Å². The van der Waals surface area contributed by atoms with Crippen LogP contribution in [0.2, 0.25) is 0 Å². The highest BCUT2D eigenvalue weighted by molar-refractivity contribution is 5.91. The van der Waals surface area contributed by atoms with Crippen LogP contribution in [0.1, 0.15) is 31.7 Å². The Hall–Kier alpha value is -1.42. The van der Waals surface area contributed by atoms with Crippen molar-refractivity contribution in [1.29, 1.82) is 0 Å². The van der Waals surface area contributed by atoms with Crippen LogP contribution in [-0.2, 0) is 10.2 Å². The largest absolute Gasteiger partial charge is 0.393 e. The smallest absolute Gasteiger partial charge is 0.232 e. The van der Waals surface area contributed by atoms with Gasteiger partial charge in [-0.2, -0.15) is 0 Å². The molecule has 19 heavy (non-hydrogen) atoms. The van der Waals surface area contributed by atoms with Gasteiger partial charge in [-0.1, -0.05) is 12.1 Å². The normalized spacial score (nSPS) is 17.9. The average molecular weight is 265 g/mol. The Bertz CT molecular complexity index is 452. The van der Waals surface area contributed by atoms with E-state index in [1.165, 1.54) is 12.1 Å². The fraction of sp³-hybridized carbons (Fsp3) is 0.533. The number of rotatable bonds is 5. The van der Waals surface area contributed by atoms with Gasteiger partial charge in [-0.3, -0.25) is 4.79 Å². The summed E-state index contributed by atoms with van der Waals surface area (Å²) in [6.45, 7) is 2.25. The Morgan fingerprint density at radius 1 is 1.42 bits per heavy atom. The standard InChI is InChI=1S/C15H20FNO2/c1-11(18)7-10-17(2)14(19)15(8-9-15)12-3-5-13(16)6-4-12/h3-6,11,18H,7-10H2,1-2H3. The molecule has 1 unspecified atom stereocenters. The zero-order valence-electron chi connectivity index (χ0n) is 11.4. The van der Waals surface area contributed by atoms with Crippen LogP contribution in [0.5, 0.6) is 0 Å². The molecule has 1 atom stereocenters. The van der Waals surface area contributed by atoms with Gasteiger partial charge in [-0.15, -0.1) is 0 Å². The van der Waals surface area contributed by atoms with E-state index >= 15 is 0 Å². The van der Waals surface area contributed by atoms with Crippen molar-refractivity contribution in [3.8, 4) is 0 Å². The number of hydrogen-bond donors (Lipinski definition) is 1. The van der Waals surface area contributed by atoms with Crippen molar-refractivity contribution >= 4 is 5.91 Å². The van der Waals surface area contributed by atoms with Crippen LogP contribution in [0, 0.1) is 5.82 Å². The van der Waals surface area contributed by atoms with Gasteiger partial charge in [-0.25, -0.2) is 4.39 Å². The van der Waals surface area contributed by atoms with E-state index in [9.17, 15) is 14.3 Å². The molecule has 1 aliphatic carbocycles. The zero-order chi connectivity index (χ0) is 14.0. The van der Waals surface area contributed by atoms with E-state index in [4.69, 9.17) is 0 Å². The van der Waals surface area contributed by atoms with Crippen molar-refractivity contribution in [1.82, 2.24) is 4.90 Å². The maximum absolute atomic E-state index is 12.9. The number of aliphatic hydroxyl groups is 1. The van der Waals surface area contributed by atoms with Crippen molar-refractivity contribution in [3.05, 3.63) is 35.6 Å². The lowest BCUT2D eigenvalue weighted by molar-refractivity contribution is -0.132. The van der Waals surface area contributed by atoms with Crippen molar-refractivity contribution < 1.29 is 14.3 Å². The van der Waals surface area contributed by atoms with Crippen LogP contribution >= 0.6 is 0 Å². The number of amides is 1. The van der Waals surface area contributed by atoms with E-state index in [1.807, 2.05) is 0 Å². The Balaban J connectivity index is 2.07. The van der Waals surface area contributed by atoms with Crippen LogP contribution in [-0.4, -0.2) is 35.6 Å². The number of carbonyl (C=O) groups is 1. The molecule has 0 aliphatic heterocycles. The summed E-state index contributed by atoms with van der Waals surface area (Å²) < 4.78 is 12.9.